The second kappa shape index (κ2) is 2.99. The van der Waals surface area contributed by atoms with Crippen LogP contribution in [0.4, 0.5) is 0 Å². The molecule has 0 aromatic heterocycles. The highest BCUT2D eigenvalue weighted by Gasteiger charge is 2.34. The lowest BCUT2D eigenvalue weighted by atomic mass is 9.84. The van der Waals surface area contributed by atoms with Crippen LogP contribution in [0.2, 0.25) is 0 Å². The van der Waals surface area contributed by atoms with E-state index >= 15 is 0 Å². The van der Waals surface area contributed by atoms with E-state index < -0.39 is 0 Å². The second-order valence-corrected chi connectivity index (χ2v) is 4.39. The Morgan fingerprint density at radius 1 is 1.27 bits per heavy atom. The zero-order chi connectivity index (χ0) is 10.4. The average Bonchev–Trinajstić information content (AvgIpc) is 2.59. The molecule has 1 aliphatic heterocycles. The molecule has 0 spiro atoms. The van der Waals surface area contributed by atoms with Gasteiger partial charge in [0.2, 0.25) is 0 Å². The second-order valence-electron chi connectivity index (χ2n) is 4.39. The lowest BCUT2D eigenvalue weighted by molar-refractivity contribution is 0.402. The summed E-state index contributed by atoms with van der Waals surface area (Å²) in [7, 11) is 0. The maximum Gasteiger partial charge on any atom is 0.133 e. The molecule has 2 aliphatic rings. The first-order chi connectivity index (χ1) is 7.27. The van der Waals surface area contributed by atoms with Gasteiger partial charge >= 0.3 is 0 Å². The summed E-state index contributed by atoms with van der Waals surface area (Å²) in [5.41, 5.74) is 2.58. The number of fused-ring (bicyclic) bond motifs is 3. The largest absolute Gasteiger partial charge is 0.460 e. The van der Waals surface area contributed by atoms with E-state index in [-0.39, 0.29) is 0 Å². The van der Waals surface area contributed by atoms with Gasteiger partial charge in [-0.05, 0) is 24.5 Å². The predicted octanol–water partition coefficient (Wildman–Crippen LogP) is 3.56. The van der Waals surface area contributed by atoms with Gasteiger partial charge in [0, 0.05) is 5.56 Å². The Morgan fingerprint density at radius 3 is 3.00 bits per heavy atom. The average molecular weight is 198 g/mol. The molecular weight excluding hydrogens is 184 g/mol. The fourth-order valence-corrected chi connectivity index (χ4v) is 2.51. The van der Waals surface area contributed by atoms with Crippen LogP contribution in [0.3, 0.4) is 0 Å². The van der Waals surface area contributed by atoms with Gasteiger partial charge in [-0.2, -0.15) is 0 Å². The molecule has 0 saturated carbocycles. The molecule has 1 aromatic carbocycles. The zero-order valence-electron chi connectivity index (χ0n) is 9.03. The van der Waals surface area contributed by atoms with Crippen LogP contribution in [0.15, 0.2) is 42.2 Å². The molecule has 76 valence electrons. The first-order valence-electron chi connectivity index (χ1n) is 5.43. The molecule has 0 radical (unpaired) electrons. The number of hydrogen-bond acceptors (Lipinski definition) is 1. The first kappa shape index (κ1) is 8.78. The van der Waals surface area contributed by atoms with Crippen LogP contribution >= 0.6 is 0 Å². The van der Waals surface area contributed by atoms with E-state index in [2.05, 4.69) is 50.3 Å². The number of aryl methyl sites for hydroxylation is 1. The SMILES string of the molecule is Cc1cccc2c1OC1=CC=CC(C)C12. The summed E-state index contributed by atoms with van der Waals surface area (Å²) in [5.74, 6) is 3.15. The minimum Gasteiger partial charge on any atom is -0.460 e. The van der Waals surface area contributed by atoms with Crippen LogP contribution < -0.4 is 4.74 Å². The quantitative estimate of drug-likeness (QED) is 0.619. The molecule has 1 heterocycles. The molecule has 0 fully saturated rings. The first-order valence-corrected chi connectivity index (χ1v) is 5.43. The fraction of sp³-hybridized carbons (Fsp3) is 0.286. The van der Waals surface area contributed by atoms with Crippen LogP contribution in [0.1, 0.15) is 24.0 Å². The molecule has 1 aliphatic carbocycles. The van der Waals surface area contributed by atoms with Crippen molar-refractivity contribution in [2.75, 3.05) is 0 Å². The van der Waals surface area contributed by atoms with Gasteiger partial charge in [-0.25, -0.2) is 0 Å². The van der Waals surface area contributed by atoms with E-state index in [0.29, 0.717) is 11.8 Å². The van der Waals surface area contributed by atoms with Crippen molar-refractivity contribution in [3.8, 4) is 5.75 Å². The van der Waals surface area contributed by atoms with E-state index in [1.165, 1.54) is 11.1 Å². The Kier molecular flexibility index (Phi) is 1.75. The monoisotopic (exact) mass is 198 g/mol. The summed E-state index contributed by atoms with van der Waals surface area (Å²) in [5, 5.41) is 0. The van der Waals surface area contributed by atoms with E-state index in [9.17, 15) is 0 Å². The van der Waals surface area contributed by atoms with Gasteiger partial charge in [-0.3, -0.25) is 0 Å². The highest BCUT2D eigenvalue weighted by atomic mass is 16.5. The van der Waals surface area contributed by atoms with Crippen LogP contribution in [-0.2, 0) is 0 Å². The number of ether oxygens (including phenoxy) is 1. The van der Waals surface area contributed by atoms with Gasteiger partial charge in [0.25, 0.3) is 0 Å². The van der Waals surface area contributed by atoms with Crippen LogP contribution in [0.5, 0.6) is 5.75 Å². The van der Waals surface area contributed by atoms with Crippen LogP contribution in [0.25, 0.3) is 0 Å². The number of allylic oxidation sites excluding steroid dienone is 4. The molecular formula is C14H14O. The molecule has 1 nitrogen and oxygen atoms in total. The Morgan fingerprint density at radius 2 is 2.13 bits per heavy atom. The smallest absolute Gasteiger partial charge is 0.133 e. The zero-order valence-corrected chi connectivity index (χ0v) is 9.03. The molecule has 0 N–H and O–H groups in total. The molecule has 3 rings (SSSR count). The summed E-state index contributed by atoms with van der Waals surface area (Å²) in [6.07, 6.45) is 6.43. The molecule has 0 saturated heterocycles. The van der Waals surface area contributed by atoms with E-state index in [1.807, 2.05) is 0 Å². The van der Waals surface area contributed by atoms with Crippen molar-refractivity contribution in [2.24, 2.45) is 5.92 Å². The van der Waals surface area contributed by atoms with Crippen molar-refractivity contribution in [1.29, 1.82) is 0 Å². The van der Waals surface area contributed by atoms with Crippen molar-refractivity contribution in [2.45, 2.75) is 19.8 Å². The van der Waals surface area contributed by atoms with Crippen molar-refractivity contribution in [3.05, 3.63) is 53.3 Å². The number of rotatable bonds is 0. The Hall–Kier alpha value is -1.50. The van der Waals surface area contributed by atoms with Gasteiger partial charge in [0.1, 0.15) is 11.5 Å². The predicted molar refractivity (Wildman–Crippen MR) is 60.9 cm³/mol. The van der Waals surface area contributed by atoms with Crippen molar-refractivity contribution in [3.63, 3.8) is 0 Å². The Bertz CT molecular complexity index is 468. The van der Waals surface area contributed by atoms with E-state index in [0.717, 1.165) is 11.5 Å². The molecule has 2 atom stereocenters. The van der Waals surface area contributed by atoms with Gasteiger partial charge in [-0.15, -0.1) is 0 Å². The van der Waals surface area contributed by atoms with Gasteiger partial charge in [0.15, 0.2) is 0 Å². The summed E-state index contributed by atoms with van der Waals surface area (Å²) in [4.78, 5) is 0. The topological polar surface area (TPSA) is 9.23 Å². The minimum atomic E-state index is 0.435. The van der Waals surface area contributed by atoms with Crippen LogP contribution in [-0.4, -0.2) is 0 Å². The third-order valence-electron chi connectivity index (χ3n) is 3.30. The summed E-state index contributed by atoms with van der Waals surface area (Å²) in [6, 6.07) is 6.41. The highest BCUT2D eigenvalue weighted by molar-refractivity contribution is 5.52. The Balaban J connectivity index is 2.17. The summed E-state index contributed by atoms with van der Waals surface area (Å²) >= 11 is 0. The van der Waals surface area contributed by atoms with E-state index in [4.69, 9.17) is 4.74 Å². The van der Waals surface area contributed by atoms with Gasteiger partial charge in [-0.1, -0.05) is 37.3 Å². The van der Waals surface area contributed by atoms with E-state index in [1.54, 1.807) is 0 Å². The van der Waals surface area contributed by atoms with Gasteiger partial charge < -0.3 is 4.74 Å². The van der Waals surface area contributed by atoms with Gasteiger partial charge in [0.05, 0.1) is 5.92 Å². The van der Waals surface area contributed by atoms with Crippen molar-refractivity contribution in [1.82, 2.24) is 0 Å². The third-order valence-corrected chi connectivity index (χ3v) is 3.30. The van der Waals surface area contributed by atoms with Crippen LogP contribution in [0, 0.1) is 12.8 Å². The molecule has 0 bridgehead atoms. The maximum absolute atomic E-state index is 5.92. The Labute approximate surface area is 90.1 Å². The lowest BCUT2D eigenvalue weighted by Gasteiger charge is -2.18. The minimum absolute atomic E-state index is 0.435. The molecule has 0 amide bonds. The van der Waals surface area contributed by atoms with Crippen molar-refractivity contribution >= 4 is 0 Å². The maximum atomic E-state index is 5.92. The standard InChI is InChI=1S/C14H14O/c1-9-5-4-8-12-13(9)11-7-3-6-10(2)14(11)15-12/h3-9,13H,1-2H3. The highest BCUT2D eigenvalue weighted by Crippen LogP contribution is 2.47. The molecule has 1 heteroatoms. The molecule has 1 aromatic rings. The third kappa shape index (κ3) is 1.16. The number of para-hydroxylation sites is 1. The molecule has 2 unspecified atom stereocenters. The summed E-state index contributed by atoms with van der Waals surface area (Å²) < 4.78 is 5.92. The lowest BCUT2D eigenvalue weighted by Crippen LogP contribution is -2.10. The summed E-state index contributed by atoms with van der Waals surface area (Å²) in [6.45, 7) is 4.35. The normalized spacial score (nSPS) is 26.7. The molecule has 15 heavy (non-hydrogen) atoms. The fourth-order valence-electron chi connectivity index (χ4n) is 2.51. The van der Waals surface area contributed by atoms with Crippen molar-refractivity contribution < 1.29 is 4.74 Å². The number of benzene rings is 1. The number of hydrogen-bond donors (Lipinski definition) is 0.